The van der Waals surface area contributed by atoms with E-state index in [4.69, 9.17) is 9.57 Å². The van der Waals surface area contributed by atoms with Gasteiger partial charge in [0.05, 0.1) is 34.2 Å². The number of carbonyl (C=O) groups excluding carboxylic acids is 1. The van der Waals surface area contributed by atoms with Gasteiger partial charge in [-0.1, -0.05) is 31.2 Å². The molecular weight excluding hydrogens is 585 g/mol. The number of fused-ring (bicyclic) bond motifs is 4. The van der Waals surface area contributed by atoms with Crippen molar-refractivity contribution in [2.75, 3.05) is 23.0 Å². The Morgan fingerprint density at radius 1 is 1.09 bits per heavy atom. The minimum Gasteiger partial charge on any atom is -0.460 e. The molecule has 1 aliphatic carbocycles. The van der Waals surface area contributed by atoms with Gasteiger partial charge in [0.1, 0.15) is 6.61 Å². The maximum atomic E-state index is 13.9. The molecule has 43 heavy (non-hydrogen) atoms. The van der Waals surface area contributed by atoms with Crippen molar-refractivity contribution in [2.45, 2.75) is 70.0 Å². The minimum absolute atomic E-state index is 0.0274. The highest BCUT2D eigenvalue weighted by atomic mass is 32.2. The van der Waals surface area contributed by atoms with Crippen LogP contribution >= 0.6 is 0 Å². The first-order valence-corrected chi connectivity index (χ1v) is 15.6. The maximum absolute atomic E-state index is 13.9. The number of hydroxylamine groups is 1. The van der Waals surface area contributed by atoms with Crippen LogP contribution in [-0.2, 0) is 19.6 Å². The van der Waals surface area contributed by atoms with Gasteiger partial charge in [-0.3, -0.25) is 4.84 Å². The smallest absolute Gasteiger partial charge is 0.394 e. The third kappa shape index (κ3) is 6.47. The van der Waals surface area contributed by atoms with Gasteiger partial charge < -0.3 is 4.74 Å². The number of sulfonamides is 1. The monoisotopic (exact) mass is 618 g/mol. The number of anilines is 2. The lowest BCUT2D eigenvalue weighted by Gasteiger charge is -2.33. The summed E-state index contributed by atoms with van der Waals surface area (Å²) < 4.78 is 76.5. The minimum atomic E-state index is -4.36. The number of cyclic esters (lactones) is 1. The van der Waals surface area contributed by atoms with Crippen LogP contribution in [0.15, 0.2) is 53.4 Å². The first-order chi connectivity index (χ1) is 20.3. The number of nitrogens with zero attached hydrogens (tertiary/aromatic N) is 3. The summed E-state index contributed by atoms with van der Waals surface area (Å²) >= 11 is 0. The third-order valence-corrected chi connectivity index (χ3v) is 9.19. The summed E-state index contributed by atoms with van der Waals surface area (Å²) in [7, 11) is -4.25. The van der Waals surface area contributed by atoms with Crippen LogP contribution in [0.25, 0.3) is 11.3 Å². The van der Waals surface area contributed by atoms with E-state index in [1.807, 2.05) is 39.0 Å². The molecule has 4 bridgehead atoms. The molecule has 1 unspecified atom stereocenters. The Kier molecular flexibility index (Phi) is 8.41. The van der Waals surface area contributed by atoms with Crippen molar-refractivity contribution in [3.63, 3.8) is 0 Å². The summed E-state index contributed by atoms with van der Waals surface area (Å²) in [5.74, 6) is -0.963. The van der Waals surface area contributed by atoms with E-state index in [0.717, 1.165) is 16.7 Å². The molecule has 1 aromatic heterocycles. The molecule has 2 aromatic carbocycles. The number of nitrogens with one attached hydrogen (secondary N) is 1. The van der Waals surface area contributed by atoms with Crippen LogP contribution in [0.3, 0.4) is 0 Å². The molecule has 0 saturated heterocycles. The number of aromatic nitrogens is 2. The second kappa shape index (κ2) is 11.8. The van der Waals surface area contributed by atoms with E-state index in [-0.39, 0.29) is 61.1 Å². The van der Waals surface area contributed by atoms with E-state index < -0.39 is 33.6 Å². The van der Waals surface area contributed by atoms with E-state index in [1.165, 1.54) is 29.3 Å². The normalized spacial score (nSPS) is 19.3. The maximum Gasteiger partial charge on any atom is 0.394 e. The van der Waals surface area contributed by atoms with Crippen LogP contribution in [0.2, 0.25) is 0 Å². The van der Waals surface area contributed by atoms with Crippen molar-refractivity contribution in [3.8, 4) is 11.3 Å². The van der Waals surface area contributed by atoms with Crippen LogP contribution in [0.1, 0.15) is 60.5 Å². The zero-order valence-electron chi connectivity index (χ0n) is 24.1. The SMILES string of the molecule is CCCON1c2cc(-c3c(C)cccc3C)nc(n2)NS(=O)(=O)c2cccc(c2)C(=O)OCC1CCC1(C(F)(F)F)CC1. The lowest BCUT2D eigenvalue weighted by molar-refractivity contribution is -0.189. The number of hydrogen-bond acceptors (Lipinski definition) is 8. The molecule has 1 saturated carbocycles. The van der Waals surface area contributed by atoms with Gasteiger partial charge in [-0.05, 0) is 75.3 Å². The molecule has 9 nitrogen and oxygen atoms in total. The third-order valence-electron chi connectivity index (χ3n) is 7.87. The van der Waals surface area contributed by atoms with Crippen molar-refractivity contribution in [2.24, 2.45) is 5.41 Å². The van der Waals surface area contributed by atoms with Crippen LogP contribution in [0.5, 0.6) is 0 Å². The molecule has 1 atom stereocenters. The number of alkyl halides is 3. The van der Waals surface area contributed by atoms with Crippen molar-refractivity contribution in [1.82, 2.24) is 9.97 Å². The first-order valence-electron chi connectivity index (χ1n) is 14.1. The van der Waals surface area contributed by atoms with E-state index in [0.29, 0.717) is 12.1 Å². The molecule has 5 rings (SSSR count). The standard InChI is InChI=1S/C30H33F3N4O5S/c1-4-15-42-37-22(11-12-29(13-14-29)30(31,32)33)18-41-27(38)21-9-6-10-23(16-21)43(39,40)36-28-34-24(17-25(37)35-28)26-19(2)7-5-8-20(26)3/h5-10,16-17,22H,4,11-15,18H2,1-3H3,(H,34,35,36). The molecular formula is C30H33F3N4O5S. The average Bonchev–Trinajstić information content (AvgIpc) is 3.75. The summed E-state index contributed by atoms with van der Waals surface area (Å²) in [6.07, 6.45) is -3.97. The van der Waals surface area contributed by atoms with Crippen molar-refractivity contribution in [3.05, 3.63) is 65.2 Å². The summed E-state index contributed by atoms with van der Waals surface area (Å²) in [5.41, 5.74) is 1.05. The van der Waals surface area contributed by atoms with Crippen molar-refractivity contribution in [1.29, 1.82) is 0 Å². The Balaban J connectivity index is 1.67. The zero-order chi connectivity index (χ0) is 31.0. The van der Waals surface area contributed by atoms with Gasteiger partial charge in [-0.25, -0.2) is 28.0 Å². The number of ether oxygens (including phenoxy) is 1. The Morgan fingerprint density at radius 2 is 1.79 bits per heavy atom. The van der Waals surface area contributed by atoms with Gasteiger partial charge in [0, 0.05) is 11.6 Å². The fraction of sp³-hybridized carbons (Fsp3) is 0.433. The summed E-state index contributed by atoms with van der Waals surface area (Å²) in [6.45, 7) is 5.51. The quantitative estimate of drug-likeness (QED) is 0.304. The van der Waals surface area contributed by atoms with Gasteiger partial charge in [-0.2, -0.15) is 18.2 Å². The highest BCUT2D eigenvalue weighted by Gasteiger charge is 2.62. The molecule has 2 aliphatic rings. The Morgan fingerprint density at radius 3 is 2.44 bits per heavy atom. The fourth-order valence-corrected chi connectivity index (χ4v) is 6.24. The number of aryl methyl sites for hydroxylation is 2. The zero-order valence-corrected chi connectivity index (χ0v) is 24.9. The molecule has 13 heteroatoms. The van der Waals surface area contributed by atoms with Crippen LogP contribution < -0.4 is 9.79 Å². The lowest BCUT2D eigenvalue weighted by atomic mass is 9.96. The van der Waals surface area contributed by atoms with E-state index in [1.54, 1.807) is 6.07 Å². The number of hydrogen-bond donors (Lipinski definition) is 1. The molecule has 1 aliphatic heterocycles. The number of esters is 1. The summed E-state index contributed by atoms with van der Waals surface area (Å²) in [4.78, 5) is 27.9. The average molecular weight is 619 g/mol. The highest BCUT2D eigenvalue weighted by Crippen LogP contribution is 2.60. The van der Waals surface area contributed by atoms with E-state index in [9.17, 15) is 26.4 Å². The number of rotatable bonds is 7. The van der Waals surface area contributed by atoms with Gasteiger partial charge in [0.2, 0.25) is 5.95 Å². The van der Waals surface area contributed by atoms with Gasteiger partial charge in [-0.15, -0.1) is 0 Å². The number of benzene rings is 2. The second-order valence-electron chi connectivity index (χ2n) is 11.1. The van der Waals surface area contributed by atoms with Crippen LogP contribution in [0, 0.1) is 19.3 Å². The molecule has 230 valence electrons. The van der Waals surface area contributed by atoms with Gasteiger partial charge in [0.25, 0.3) is 10.0 Å². The predicted octanol–water partition coefficient (Wildman–Crippen LogP) is 6.37. The van der Waals surface area contributed by atoms with Crippen molar-refractivity contribution < 1.29 is 36.0 Å². The molecule has 2 heterocycles. The Bertz CT molecular complexity index is 1610. The molecule has 1 fully saturated rings. The first kappa shape index (κ1) is 30.7. The fourth-order valence-electron chi connectivity index (χ4n) is 5.25. The van der Waals surface area contributed by atoms with Crippen molar-refractivity contribution >= 4 is 27.8 Å². The number of carbonyl (C=O) groups is 1. The predicted molar refractivity (Wildman–Crippen MR) is 154 cm³/mol. The van der Waals surface area contributed by atoms with E-state index >= 15 is 0 Å². The molecule has 0 spiro atoms. The highest BCUT2D eigenvalue weighted by molar-refractivity contribution is 7.92. The largest absolute Gasteiger partial charge is 0.460 e. The summed E-state index contributed by atoms with van der Waals surface area (Å²) in [5, 5.41) is 1.34. The molecule has 1 N–H and O–H groups in total. The van der Waals surface area contributed by atoms with Crippen LogP contribution in [0.4, 0.5) is 24.9 Å². The lowest BCUT2D eigenvalue weighted by Crippen LogP contribution is -2.41. The number of halogens is 3. The molecule has 3 aromatic rings. The Hall–Kier alpha value is -3.71. The van der Waals surface area contributed by atoms with E-state index in [2.05, 4.69) is 14.7 Å². The van der Waals surface area contributed by atoms with Crippen LogP contribution in [-0.4, -0.2) is 49.8 Å². The summed E-state index contributed by atoms with van der Waals surface area (Å²) in [6, 6.07) is 11.7. The second-order valence-corrected chi connectivity index (χ2v) is 12.7. The topological polar surface area (TPSA) is 111 Å². The van der Waals surface area contributed by atoms with Gasteiger partial charge in [0.15, 0.2) is 5.82 Å². The molecule has 0 radical (unpaired) electrons. The molecule has 0 amide bonds. The Labute approximate surface area is 248 Å². The van der Waals surface area contributed by atoms with Gasteiger partial charge >= 0.3 is 12.1 Å².